The van der Waals surface area contributed by atoms with Gasteiger partial charge in [0.25, 0.3) is 0 Å². The number of anilines is 1. The van der Waals surface area contributed by atoms with Crippen molar-refractivity contribution in [1.82, 2.24) is 0 Å². The molecule has 0 bridgehead atoms. The van der Waals surface area contributed by atoms with Gasteiger partial charge in [0.1, 0.15) is 0 Å². The van der Waals surface area contributed by atoms with E-state index in [0.717, 1.165) is 18.0 Å². The van der Waals surface area contributed by atoms with Crippen LogP contribution in [0.1, 0.15) is 45.1 Å². The van der Waals surface area contributed by atoms with Crippen molar-refractivity contribution in [2.45, 2.75) is 58.0 Å². The number of benzene rings is 1. The third-order valence-electron chi connectivity index (χ3n) is 3.95. The largest absolute Gasteiger partial charge is 0.369 e. The van der Waals surface area contributed by atoms with Crippen LogP contribution in [0.3, 0.4) is 0 Å². The zero-order valence-corrected chi connectivity index (χ0v) is 12.8. The topological polar surface area (TPSA) is 29.3 Å². The summed E-state index contributed by atoms with van der Waals surface area (Å²) >= 11 is 6.15. The Morgan fingerprint density at radius 2 is 2.16 bits per heavy atom. The molecule has 2 atom stereocenters. The summed E-state index contributed by atoms with van der Waals surface area (Å²) in [4.78, 5) is 2.54. The highest BCUT2D eigenvalue weighted by Gasteiger charge is 2.20. The molecule has 3 heteroatoms. The number of rotatable bonds is 3. The maximum absolute atomic E-state index is 6.15. The second-order valence-corrected chi connectivity index (χ2v) is 6.28. The first kappa shape index (κ1) is 14.7. The van der Waals surface area contributed by atoms with Crippen molar-refractivity contribution in [2.75, 3.05) is 11.4 Å². The fourth-order valence-corrected chi connectivity index (χ4v) is 3.17. The van der Waals surface area contributed by atoms with E-state index < -0.39 is 0 Å². The number of hydrogen-bond acceptors (Lipinski definition) is 2. The van der Waals surface area contributed by atoms with E-state index >= 15 is 0 Å². The molecule has 1 aliphatic heterocycles. The van der Waals surface area contributed by atoms with Gasteiger partial charge in [-0.05, 0) is 56.9 Å². The Morgan fingerprint density at radius 3 is 2.89 bits per heavy atom. The van der Waals surface area contributed by atoms with Gasteiger partial charge in [0.2, 0.25) is 0 Å². The minimum absolute atomic E-state index is 0.166. The van der Waals surface area contributed by atoms with Crippen LogP contribution in [-0.2, 0) is 6.42 Å². The lowest BCUT2D eigenvalue weighted by atomic mass is 10.0. The third-order valence-corrected chi connectivity index (χ3v) is 4.18. The maximum Gasteiger partial charge on any atom is 0.0410 e. The molecule has 2 rings (SSSR count). The summed E-state index contributed by atoms with van der Waals surface area (Å²) in [5.41, 5.74) is 8.59. The average molecular weight is 281 g/mol. The van der Waals surface area contributed by atoms with Crippen molar-refractivity contribution in [3.63, 3.8) is 0 Å². The fourth-order valence-electron chi connectivity index (χ4n) is 2.98. The van der Waals surface area contributed by atoms with Gasteiger partial charge in [0.15, 0.2) is 0 Å². The Kier molecular flexibility index (Phi) is 5.12. The van der Waals surface area contributed by atoms with E-state index in [4.69, 9.17) is 17.3 Å². The normalized spacial score (nSPS) is 22.1. The fraction of sp³-hybridized carbons (Fsp3) is 0.625. The van der Waals surface area contributed by atoms with E-state index in [0.29, 0.717) is 6.04 Å². The summed E-state index contributed by atoms with van der Waals surface area (Å²) < 4.78 is 0. The van der Waals surface area contributed by atoms with E-state index in [1.165, 1.54) is 36.9 Å². The van der Waals surface area contributed by atoms with Gasteiger partial charge in [-0.1, -0.05) is 24.4 Å². The monoisotopic (exact) mass is 280 g/mol. The third kappa shape index (κ3) is 3.87. The van der Waals surface area contributed by atoms with Crippen LogP contribution in [0.15, 0.2) is 18.2 Å². The van der Waals surface area contributed by atoms with Crippen molar-refractivity contribution >= 4 is 17.3 Å². The standard InChI is InChI=1S/C16H25ClN2/c1-12(18)10-14-11-15(17)7-8-16(14)19-9-5-3-4-6-13(19)2/h7-8,11-13H,3-6,9-10,18H2,1-2H3. The smallest absolute Gasteiger partial charge is 0.0410 e. The molecule has 0 spiro atoms. The predicted molar refractivity (Wildman–Crippen MR) is 84.1 cm³/mol. The van der Waals surface area contributed by atoms with Crippen LogP contribution >= 0.6 is 11.6 Å². The van der Waals surface area contributed by atoms with Crippen LogP contribution in [0.5, 0.6) is 0 Å². The van der Waals surface area contributed by atoms with Gasteiger partial charge in [-0.3, -0.25) is 0 Å². The quantitative estimate of drug-likeness (QED) is 0.907. The molecule has 2 unspecified atom stereocenters. The number of nitrogens with two attached hydrogens (primary N) is 1. The SMILES string of the molecule is CC(N)Cc1cc(Cl)ccc1N1CCCCCC1C. The summed E-state index contributed by atoms with van der Waals surface area (Å²) in [7, 11) is 0. The van der Waals surface area contributed by atoms with Gasteiger partial charge in [0.05, 0.1) is 0 Å². The highest BCUT2D eigenvalue weighted by Crippen LogP contribution is 2.30. The van der Waals surface area contributed by atoms with Crippen LogP contribution < -0.4 is 10.6 Å². The van der Waals surface area contributed by atoms with E-state index in [1.807, 2.05) is 6.07 Å². The van der Waals surface area contributed by atoms with E-state index in [2.05, 4.69) is 30.9 Å². The van der Waals surface area contributed by atoms with Crippen LogP contribution in [0.2, 0.25) is 5.02 Å². The minimum Gasteiger partial charge on any atom is -0.369 e. The molecule has 0 aliphatic carbocycles. The van der Waals surface area contributed by atoms with Crippen molar-refractivity contribution in [1.29, 1.82) is 0 Å². The summed E-state index contributed by atoms with van der Waals surface area (Å²) in [6.07, 6.45) is 6.13. The minimum atomic E-state index is 0.166. The molecule has 2 N–H and O–H groups in total. The lowest BCUT2D eigenvalue weighted by Crippen LogP contribution is -2.33. The molecule has 0 saturated carbocycles. The second-order valence-electron chi connectivity index (χ2n) is 5.85. The molecule has 1 aliphatic rings. The van der Waals surface area contributed by atoms with Gasteiger partial charge in [-0.2, -0.15) is 0 Å². The zero-order chi connectivity index (χ0) is 13.8. The van der Waals surface area contributed by atoms with Gasteiger partial charge < -0.3 is 10.6 Å². The molecule has 19 heavy (non-hydrogen) atoms. The van der Waals surface area contributed by atoms with Gasteiger partial charge >= 0.3 is 0 Å². The Bertz CT molecular complexity index is 417. The predicted octanol–water partition coefficient (Wildman–Crippen LogP) is 4.00. The van der Waals surface area contributed by atoms with Gasteiger partial charge in [-0.25, -0.2) is 0 Å². The zero-order valence-electron chi connectivity index (χ0n) is 12.0. The second kappa shape index (κ2) is 6.62. The number of nitrogens with zero attached hydrogens (tertiary/aromatic N) is 1. The summed E-state index contributed by atoms with van der Waals surface area (Å²) in [6, 6.07) is 7.02. The van der Waals surface area contributed by atoms with E-state index in [9.17, 15) is 0 Å². The molecular formula is C16H25ClN2. The summed E-state index contributed by atoms with van der Waals surface area (Å²) in [6.45, 7) is 5.53. The van der Waals surface area contributed by atoms with Gasteiger partial charge in [-0.15, -0.1) is 0 Å². The molecular weight excluding hydrogens is 256 g/mol. The lowest BCUT2D eigenvalue weighted by molar-refractivity contribution is 0.612. The Balaban J connectivity index is 2.30. The molecule has 2 nitrogen and oxygen atoms in total. The summed E-state index contributed by atoms with van der Waals surface area (Å²) in [5.74, 6) is 0. The molecule has 0 radical (unpaired) electrons. The molecule has 1 heterocycles. The Hall–Kier alpha value is -0.730. The molecule has 106 valence electrons. The first-order valence-corrected chi connectivity index (χ1v) is 7.76. The van der Waals surface area contributed by atoms with Crippen LogP contribution in [-0.4, -0.2) is 18.6 Å². The molecule has 0 aromatic heterocycles. The maximum atomic E-state index is 6.15. The van der Waals surface area contributed by atoms with E-state index in [-0.39, 0.29) is 6.04 Å². The van der Waals surface area contributed by atoms with Crippen LogP contribution in [0, 0.1) is 0 Å². The van der Waals surface area contributed by atoms with Crippen LogP contribution in [0.4, 0.5) is 5.69 Å². The number of hydrogen-bond donors (Lipinski definition) is 1. The molecule has 1 aromatic rings. The molecule has 0 amide bonds. The summed E-state index contributed by atoms with van der Waals surface area (Å²) in [5, 5.41) is 0.807. The number of halogens is 1. The molecule has 1 aromatic carbocycles. The molecule has 1 saturated heterocycles. The average Bonchev–Trinajstić information content (AvgIpc) is 2.54. The van der Waals surface area contributed by atoms with Crippen molar-refractivity contribution in [3.05, 3.63) is 28.8 Å². The van der Waals surface area contributed by atoms with E-state index in [1.54, 1.807) is 0 Å². The lowest BCUT2D eigenvalue weighted by Gasteiger charge is -2.32. The Morgan fingerprint density at radius 1 is 1.37 bits per heavy atom. The highest BCUT2D eigenvalue weighted by molar-refractivity contribution is 6.30. The van der Waals surface area contributed by atoms with Crippen molar-refractivity contribution in [3.8, 4) is 0 Å². The van der Waals surface area contributed by atoms with Crippen LogP contribution in [0.25, 0.3) is 0 Å². The highest BCUT2D eigenvalue weighted by atomic mass is 35.5. The van der Waals surface area contributed by atoms with Crippen molar-refractivity contribution < 1.29 is 0 Å². The van der Waals surface area contributed by atoms with Crippen molar-refractivity contribution in [2.24, 2.45) is 5.73 Å². The molecule has 1 fully saturated rings. The first-order valence-electron chi connectivity index (χ1n) is 7.38. The first-order chi connectivity index (χ1) is 9.08. The van der Waals surface area contributed by atoms with Gasteiger partial charge in [0, 0.05) is 29.3 Å². The Labute approximate surface area is 121 Å².